The minimum atomic E-state index is -0.384. The Morgan fingerprint density at radius 2 is 2.00 bits per heavy atom. The highest BCUT2D eigenvalue weighted by atomic mass is 19.1. The Morgan fingerprint density at radius 3 is 2.68 bits per heavy atom. The van der Waals surface area contributed by atoms with Crippen molar-refractivity contribution in [1.82, 2.24) is 5.32 Å². The molecule has 3 nitrogen and oxygen atoms in total. The molecule has 0 aliphatic rings. The van der Waals surface area contributed by atoms with Crippen LogP contribution in [0.25, 0.3) is 6.08 Å². The van der Waals surface area contributed by atoms with Crippen LogP contribution in [-0.4, -0.2) is 19.6 Å². The summed E-state index contributed by atoms with van der Waals surface area (Å²) >= 11 is 0. The molecule has 4 heteroatoms. The number of nitrogens with one attached hydrogen (secondary N) is 1. The van der Waals surface area contributed by atoms with E-state index in [0.29, 0.717) is 5.56 Å². The van der Waals surface area contributed by atoms with E-state index >= 15 is 0 Å². The van der Waals surface area contributed by atoms with E-state index in [1.165, 1.54) is 25.3 Å². The Balaban J connectivity index is 1.90. The lowest BCUT2D eigenvalue weighted by molar-refractivity contribution is -0.117. The van der Waals surface area contributed by atoms with Gasteiger partial charge in [0.05, 0.1) is 6.10 Å². The lowest BCUT2D eigenvalue weighted by Crippen LogP contribution is -2.27. The molecule has 0 saturated carbocycles. The molecule has 2 rings (SSSR count). The van der Waals surface area contributed by atoms with E-state index in [2.05, 4.69) is 5.32 Å². The fourth-order valence-corrected chi connectivity index (χ4v) is 2.03. The lowest BCUT2D eigenvalue weighted by atomic mass is 10.1. The van der Waals surface area contributed by atoms with E-state index in [4.69, 9.17) is 4.74 Å². The number of rotatable bonds is 6. The zero-order valence-corrected chi connectivity index (χ0v) is 12.3. The smallest absolute Gasteiger partial charge is 0.244 e. The van der Waals surface area contributed by atoms with Crippen LogP contribution in [0.4, 0.5) is 4.39 Å². The summed E-state index contributed by atoms with van der Waals surface area (Å²) < 4.78 is 18.5. The highest BCUT2D eigenvalue weighted by Crippen LogP contribution is 2.16. The standard InChI is InChI=1S/C18H18FNO2/c1-22-17(15-8-5-9-16(19)12-15)13-20-18(21)11-10-14-6-3-2-4-7-14/h2-12,17H,13H2,1H3,(H,20,21)/b11-10+/t17-/m1/s1. The van der Waals surface area contributed by atoms with Crippen LogP contribution in [-0.2, 0) is 9.53 Å². The predicted molar refractivity (Wildman–Crippen MR) is 84.6 cm³/mol. The minimum absolute atomic E-state index is 0.220. The van der Waals surface area contributed by atoms with Gasteiger partial charge in [-0.1, -0.05) is 42.5 Å². The first-order valence-electron chi connectivity index (χ1n) is 6.98. The lowest BCUT2D eigenvalue weighted by Gasteiger charge is -2.16. The molecule has 0 aliphatic carbocycles. The van der Waals surface area contributed by atoms with Gasteiger partial charge in [-0.2, -0.15) is 0 Å². The van der Waals surface area contributed by atoms with Crippen LogP contribution in [0.2, 0.25) is 0 Å². The Kier molecular flexibility index (Phi) is 5.86. The number of benzene rings is 2. The van der Waals surface area contributed by atoms with Gasteiger partial charge in [0, 0.05) is 19.7 Å². The molecule has 0 spiro atoms. The molecular formula is C18H18FNO2. The van der Waals surface area contributed by atoms with Crippen LogP contribution in [0.1, 0.15) is 17.2 Å². The second kappa shape index (κ2) is 8.10. The zero-order chi connectivity index (χ0) is 15.8. The van der Waals surface area contributed by atoms with Crippen molar-refractivity contribution >= 4 is 12.0 Å². The Morgan fingerprint density at radius 1 is 1.23 bits per heavy atom. The number of ether oxygens (including phenoxy) is 1. The molecule has 0 saturated heterocycles. The molecule has 0 unspecified atom stereocenters. The summed E-state index contributed by atoms with van der Waals surface area (Å²) in [5.41, 5.74) is 1.64. The molecule has 1 atom stereocenters. The summed E-state index contributed by atoms with van der Waals surface area (Å²) in [7, 11) is 1.53. The Hall–Kier alpha value is -2.46. The van der Waals surface area contributed by atoms with Gasteiger partial charge in [0.2, 0.25) is 5.91 Å². The van der Waals surface area contributed by atoms with Crippen molar-refractivity contribution in [3.05, 3.63) is 77.6 Å². The number of hydrogen-bond donors (Lipinski definition) is 1. The fraction of sp³-hybridized carbons (Fsp3) is 0.167. The number of carbonyl (C=O) groups excluding carboxylic acids is 1. The Labute approximate surface area is 129 Å². The van der Waals surface area contributed by atoms with Crippen molar-refractivity contribution in [2.45, 2.75) is 6.10 Å². The topological polar surface area (TPSA) is 38.3 Å². The summed E-state index contributed by atoms with van der Waals surface area (Å²) in [6, 6.07) is 15.7. The van der Waals surface area contributed by atoms with Crippen molar-refractivity contribution in [1.29, 1.82) is 0 Å². The van der Waals surface area contributed by atoms with E-state index in [-0.39, 0.29) is 24.4 Å². The first-order valence-corrected chi connectivity index (χ1v) is 6.98. The molecule has 2 aromatic rings. The van der Waals surface area contributed by atoms with Crippen molar-refractivity contribution < 1.29 is 13.9 Å². The zero-order valence-electron chi connectivity index (χ0n) is 12.3. The third kappa shape index (κ3) is 4.82. The third-order valence-corrected chi connectivity index (χ3v) is 3.19. The largest absolute Gasteiger partial charge is 0.375 e. The molecule has 114 valence electrons. The summed E-state index contributed by atoms with van der Waals surface area (Å²) in [5.74, 6) is -0.544. The fourth-order valence-electron chi connectivity index (χ4n) is 2.03. The molecule has 1 amide bonds. The van der Waals surface area contributed by atoms with E-state index in [1.807, 2.05) is 30.3 Å². The molecule has 0 aliphatic heterocycles. The monoisotopic (exact) mass is 299 g/mol. The maximum atomic E-state index is 13.2. The molecule has 22 heavy (non-hydrogen) atoms. The van der Waals surface area contributed by atoms with Crippen LogP contribution >= 0.6 is 0 Å². The van der Waals surface area contributed by atoms with Crippen LogP contribution in [0.15, 0.2) is 60.7 Å². The molecule has 0 aromatic heterocycles. The number of methoxy groups -OCH3 is 1. The third-order valence-electron chi connectivity index (χ3n) is 3.19. The molecular weight excluding hydrogens is 281 g/mol. The second-order valence-corrected chi connectivity index (χ2v) is 4.77. The average Bonchev–Trinajstić information content (AvgIpc) is 2.54. The van der Waals surface area contributed by atoms with Crippen molar-refractivity contribution in [3.8, 4) is 0 Å². The van der Waals surface area contributed by atoms with Gasteiger partial charge in [-0.05, 0) is 29.3 Å². The molecule has 0 radical (unpaired) electrons. The number of halogens is 1. The minimum Gasteiger partial charge on any atom is -0.375 e. The van der Waals surface area contributed by atoms with Crippen molar-refractivity contribution in [2.75, 3.05) is 13.7 Å². The van der Waals surface area contributed by atoms with Crippen LogP contribution in [0.5, 0.6) is 0 Å². The summed E-state index contributed by atoms with van der Waals surface area (Å²) in [6.45, 7) is 0.276. The first-order chi connectivity index (χ1) is 10.7. The van der Waals surface area contributed by atoms with Gasteiger partial charge in [-0.3, -0.25) is 4.79 Å². The highest BCUT2D eigenvalue weighted by Gasteiger charge is 2.11. The van der Waals surface area contributed by atoms with Gasteiger partial charge < -0.3 is 10.1 Å². The predicted octanol–water partition coefficient (Wildman–Crippen LogP) is 3.34. The van der Waals surface area contributed by atoms with E-state index in [9.17, 15) is 9.18 Å². The molecule has 0 fully saturated rings. The normalized spacial score (nSPS) is 12.3. The van der Waals surface area contributed by atoms with Gasteiger partial charge >= 0.3 is 0 Å². The van der Waals surface area contributed by atoms with Crippen LogP contribution in [0, 0.1) is 5.82 Å². The molecule has 1 N–H and O–H groups in total. The maximum Gasteiger partial charge on any atom is 0.244 e. The van der Waals surface area contributed by atoms with E-state index in [1.54, 1.807) is 18.2 Å². The SMILES string of the molecule is CO[C@H](CNC(=O)/C=C/c1ccccc1)c1cccc(F)c1. The average molecular weight is 299 g/mol. The highest BCUT2D eigenvalue weighted by molar-refractivity contribution is 5.91. The number of carbonyl (C=O) groups is 1. The molecule has 0 heterocycles. The Bertz CT molecular complexity index is 641. The summed E-state index contributed by atoms with van der Waals surface area (Å²) in [5, 5.41) is 2.75. The van der Waals surface area contributed by atoms with Gasteiger partial charge in [-0.25, -0.2) is 4.39 Å². The maximum absolute atomic E-state index is 13.2. The van der Waals surface area contributed by atoms with Crippen molar-refractivity contribution in [2.24, 2.45) is 0 Å². The van der Waals surface area contributed by atoms with Crippen molar-refractivity contribution in [3.63, 3.8) is 0 Å². The summed E-state index contributed by atoms with van der Waals surface area (Å²) in [4.78, 5) is 11.8. The first kappa shape index (κ1) is 15.9. The van der Waals surface area contributed by atoms with Crippen LogP contribution < -0.4 is 5.32 Å². The molecule has 2 aromatic carbocycles. The van der Waals surface area contributed by atoms with Gasteiger partial charge in [0.15, 0.2) is 0 Å². The van der Waals surface area contributed by atoms with Gasteiger partial charge in [0.1, 0.15) is 5.82 Å². The quantitative estimate of drug-likeness (QED) is 0.831. The number of amides is 1. The van der Waals surface area contributed by atoms with E-state index < -0.39 is 0 Å². The van der Waals surface area contributed by atoms with E-state index in [0.717, 1.165) is 5.56 Å². The second-order valence-electron chi connectivity index (χ2n) is 4.77. The number of hydrogen-bond acceptors (Lipinski definition) is 2. The summed E-state index contributed by atoms with van der Waals surface area (Å²) in [6.07, 6.45) is 2.82. The van der Waals surface area contributed by atoms with Crippen LogP contribution in [0.3, 0.4) is 0 Å². The molecule has 0 bridgehead atoms. The van der Waals surface area contributed by atoms with Gasteiger partial charge in [-0.15, -0.1) is 0 Å². The van der Waals surface area contributed by atoms with Gasteiger partial charge in [0.25, 0.3) is 0 Å².